The van der Waals surface area contributed by atoms with Crippen LogP contribution in [0.5, 0.6) is 0 Å². The van der Waals surface area contributed by atoms with E-state index in [4.69, 9.17) is 33.4 Å². The number of hydrogen-bond acceptors (Lipinski definition) is 4. The number of benzene rings is 1. The smallest absolute Gasteiger partial charge is 0.332 e. The molecule has 9 heteroatoms. The van der Waals surface area contributed by atoms with Crippen LogP contribution in [0.3, 0.4) is 0 Å². The topological polar surface area (TPSA) is 104 Å². The molecule has 0 saturated carbocycles. The Bertz CT molecular complexity index is 555. The molecule has 0 aromatic heterocycles. The minimum atomic E-state index is -3.85. The van der Waals surface area contributed by atoms with Gasteiger partial charge in [-0.05, 0) is 24.6 Å². The predicted octanol–water partition coefficient (Wildman–Crippen LogP) is 1.11. The number of hydrogen-bond donors (Lipinski definition) is 3. The Hall–Kier alpha value is -0.860. The number of carboxylic acids is 1. The lowest BCUT2D eigenvalue weighted by molar-refractivity contribution is -0.146. The fourth-order valence-corrected chi connectivity index (χ4v) is 2.99. The van der Waals surface area contributed by atoms with Crippen LogP contribution in [0.15, 0.2) is 23.1 Å². The molecule has 0 saturated heterocycles. The van der Waals surface area contributed by atoms with Crippen molar-refractivity contribution in [1.82, 2.24) is 4.72 Å². The number of halogens is 2. The molecule has 3 N–H and O–H groups in total. The summed E-state index contributed by atoms with van der Waals surface area (Å²) in [5.74, 6) is -1.41. The monoisotopic (exact) mass is 327 g/mol. The molecule has 0 heterocycles. The van der Waals surface area contributed by atoms with Gasteiger partial charge in [0.15, 0.2) is 6.10 Å². The number of aliphatic hydroxyl groups excluding tert-OH is 1. The van der Waals surface area contributed by atoms with Crippen LogP contribution in [0.4, 0.5) is 0 Å². The zero-order chi connectivity index (χ0) is 14.6. The van der Waals surface area contributed by atoms with Crippen LogP contribution in [0.25, 0.3) is 0 Å². The van der Waals surface area contributed by atoms with Crippen molar-refractivity contribution in [3.05, 3.63) is 28.2 Å². The largest absolute Gasteiger partial charge is 0.479 e. The third kappa shape index (κ3) is 4.96. The SMILES string of the molecule is O=C(O)[C@@H](O)CCNS(=O)(=O)c1cc(Cl)cc(Cl)c1. The van der Waals surface area contributed by atoms with Crippen molar-refractivity contribution in [2.75, 3.05) is 6.54 Å². The molecular formula is C10H11Cl2NO5S. The van der Waals surface area contributed by atoms with Crippen LogP contribution >= 0.6 is 23.2 Å². The molecular weight excluding hydrogens is 317 g/mol. The quantitative estimate of drug-likeness (QED) is 0.726. The molecule has 0 aliphatic rings. The van der Waals surface area contributed by atoms with Crippen molar-refractivity contribution < 1.29 is 23.4 Å². The molecule has 0 amide bonds. The Kier molecular flexibility index (Phi) is 5.57. The Balaban J connectivity index is 2.73. The number of carboxylic acid groups (broad SMARTS) is 1. The molecule has 0 fully saturated rings. The van der Waals surface area contributed by atoms with Gasteiger partial charge in [-0.25, -0.2) is 17.9 Å². The van der Waals surface area contributed by atoms with E-state index in [0.717, 1.165) is 0 Å². The van der Waals surface area contributed by atoms with E-state index in [0.29, 0.717) is 0 Å². The van der Waals surface area contributed by atoms with Crippen LogP contribution in [-0.2, 0) is 14.8 Å². The Morgan fingerprint density at radius 3 is 2.26 bits per heavy atom. The molecule has 106 valence electrons. The summed E-state index contributed by atoms with van der Waals surface area (Å²) < 4.78 is 25.8. The summed E-state index contributed by atoms with van der Waals surface area (Å²) in [5, 5.41) is 17.8. The lowest BCUT2D eigenvalue weighted by Crippen LogP contribution is -2.30. The second-order valence-corrected chi connectivity index (χ2v) is 6.29. The summed E-state index contributed by atoms with van der Waals surface area (Å²) in [5.41, 5.74) is 0. The van der Waals surface area contributed by atoms with E-state index in [9.17, 15) is 13.2 Å². The highest BCUT2D eigenvalue weighted by atomic mass is 35.5. The summed E-state index contributed by atoms with van der Waals surface area (Å²) in [7, 11) is -3.85. The van der Waals surface area contributed by atoms with E-state index < -0.39 is 22.1 Å². The van der Waals surface area contributed by atoms with Crippen LogP contribution in [0, 0.1) is 0 Å². The van der Waals surface area contributed by atoms with Gasteiger partial charge in [-0.15, -0.1) is 0 Å². The maximum absolute atomic E-state index is 11.8. The van der Waals surface area contributed by atoms with Gasteiger partial charge < -0.3 is 10.2 Å². The number of aliphatic carboxylic acids is 1. The Morgan fingerprint density at radius 2 is 1.79 bits per heavy atom. The van der Waals surface area contributed by atoms with Gasteiger partial charge in [0, 0.05) is 16.6 Å². The first kappa shape index (κ1) is 16.2. The van der Waals surface area contributed by atoms with E-state index >= 15 is 0 Å². The highest BCUT2D eigenvalue weighted by molar-refractivity contribution is 7.89. The fraction of sp³-hybridized carbons (Fsp3) is 0.300. The summed E-state index contributed by atoms with van der Waals surface area (Å²) >= 11 is 11.4. The molecule has 6 nitrogen and oxygen atoms in total. The molecule has 0 radical (unpaired) electrons. The van der Waals surface area contributed by atoms with Gasteiger partial charge in [0.2, 0.25) is 10.0 Å². The van der Waals surface area contributed by atoms with E-state index in [-0.39, 0.29) is 27.9 Å². The van der Waals surface area contributed by atoms with Crippen molar-refractivity contribution in [2.45, 2.75) is 17.4 Å². The summed E-state index contributed by atoms with van der Waals surface area (Å²) in [4.78, 5) is 10.2. The average Bonchev–Trinajstić information content (AvgIpc) is 2.27. The third-order valence-electron chi connectivity index (χ3n) is 2.14. The van der Waals surface area contributed by atoms with Gasteiger partial charge in [0.25, 0.3) is 0 Å². The Morgan fingerprint density at radius 1 is 1.26 bits per heavy atom. The van der Waals surface area contributed by atoms with Crippen molar-refractivity contribution in [2.24, 2.45) is 0 Å². The summed E-state index contributed by atoms with van der Waals surface area (Å²) in [6.45, 7) is -0.222. The zero-order valence-electron chi connectivity index (χ0n) is 9.51. The van der Waals surface area contributed by atoms with E-state index in [2.05, 4.69) is 4.72 Å². The lowest BCUT2D eigenvalue weighted by Gasteiger charge is -2.09. The standard InChI is InChI=1S/C10H11Cl2NO5S/c11-6-3-7(12)5-8(4-6)19(17,18)13-2-1-9(14)10(15)16/h3-5,9,13-14H,1-2H2,(H,15,16)/t9-/m0/s1. The maximum Gasteiger partial charge on any atom is 0.332 e. The summed E-state index contributed by atoms with van der Waals surface area (Å²) in [6, 6.07) is 3.81. The first-order valence-corrected chi connectivity index (χ1v) is 7.33. The minimum absolute atomic E-state index is 0.130. The maximum atomic E-state index is 11.8. The van der Waals surface area contributed by atoms with Crippen molar-refractivity contribution in [3.8, 4) is 0 Å². The van der Waals surface area contributed by atoms with Gasteiger partial charge in [-0.3, -0.25) is 0 Å². The van der Waals surface area contributed by atoms with E-state index in [1.165, 1.54) is 18.2 Å². The molecule has 1 atom stereocenters. The van der Waals surface area contributed by atoms with Gasteiger partial charge in [-0.1, -0.05) is 23.2 Å². The third-order valence-corrected chi connectivity index (χ3v) is 4.02. The molecule has 0 bridgehead atoms. The number of nitrogens with one attached hydrogen (secondary N) is 1. The predicted molar refractivity (Wildman–Crippen MR) is 69.9 cm³/mol. The number of carbonyl (C=O) groups is 1. The highest BCUT2D eigenvalue weighted by Crippen LogP contribution is 2.22. The van der Waals surface area contributed by atoms with Crippen LogP contribution in [0.2, 0.25) is 10.0 Å². The van der Waals surface area contributed by atoms with Gasteiger partial charge in [-0.2, -0.15) is 0 Å². The summed E-state index contributed by atoms with van der Waals surface area (Å²) in [6.07, 6.45) is -1.87. The molecule has 19 heavy (non-hydrogen) atoms. The van der Waals surface area contributed by atoms with Gasteiger partial charge in [0.05, 0.1) is 4.90 Å². The highest BCUT2D eigenvalue weighted by Gasteiger charge is 2.18. The molecule has 1 aromatic rings. The number of rotatable bonds is 6. The normalized spacial score (nSPS) is 13.2. The molecule has 0 unspecified atom stereocenters. The minimum Gasteiger partial charge on any atom is -0.479 e. The van der Waals surface area contributed by atoms with Crippen LogP contribution in [-0.4, -0.2) is 37.2 Å². The van der Waals surface area contributed by atoms with Gasteiger partial charge in [0.1, 0.15) is 0 Å². The molecule has 0 spiro atoms. The molecule has 1 rings (SSSR count). The average molecular weight is 328 g/mol. The first-order valence-electron chi connectivity index (χ1n) is 5.09. The van der Waals surface area contributed by atoms with Gasteiger partial charge >= 0.3 is 5.97 Å². The first-order chi connectivity index (χ1) is 8.72. The van der Waals surface area contributed by atoms with E-state index in [1.54, 1.807) is 0 Å². The van der Waals surface area contributed by atoms with Crippen LogP contribution in [0.1, 0.15) is 6.42 Å². The molecule has 0 aliphatic carbocycles. The number of aliphatic hydroxyl groups is 1. The van der Waals surface area contributed by atoms with Crippen LogP contribution < -0.4 is 4.72 Å². The Labute approximate surface area is 120 Å². The van der Waals surface area contributed by atoms with Crippen molar-refractivity contribution in [3.63, 3.8) is 0 Å². The van der Waals surface area contributed by atoms with Crippen molar-refractivity contribution >= 4 is 39.2 Å². The van der Waals surface area contributed by atoms with E-state index in [1.807, 2.05) is 0 Å². The van der Waals surface area contributed by atoms with Crippen molar-refractivity contribution in [1.29, 1.82) is 0 Å². The fourth-order valence-electron chi connectivity index (χ4n) is 1.22. The molecule has 0 aliphatic heterocycles. The second-order valence-electron chi connectivity index (χ2n) is 3.65. The molecule has 1 aromatic carbocycles. The lowest BCUT2D eigenvalue weighted by atomic mass is 10.3. The zero-order valence-corrected chi connectivity index (χ0v) is 11.8. The number of sulfonamides is 1. The second kappa shape index (κ2) is 6.53.